The molecule has 3 rings (SSSR count). The van der Waals surface area contributed by atoms with Gasteiger partial charge in [0, 0.05) is 31.1 Å². The third kappa shape index (κ3) is 3.89. The highest BCUT2D eigenvalue weighted by atomic mass is 16.4. The van der Waals surface area contributed by atoms with Crippen molar-refractivity contribution < 1.29 is 14.7 Å². The van der Waals surface area contributed by atoms with Gasteiger partial charge in [0.2, 0.25) is 0 Å². The average molecular weight is 323 g/mol. The summed E-state index contributed by atoms with van der Waals surface area (Å²) < 4.78 is 0. The first-order chi connectivity index (χ1) is 11.6. The molecule has 0 fully saturated rings. The normalized spacial score (nSPS) is 15.5. The molecule has 0 saturated heterocycles. The molecule has 0 amide bonds. The molecule has 1 unspecified atom stereocenters. The van der Waals surface area contributed by atoms with E-state index in [1.165, 1.54) is 11.1 Å². The van der Waals surface area contributed by atoms with E-state index < -0.39 is 11.9 Å². The van der Waals surface area contributed by atoms with Crippen LogP contribution in [0.5, 0.6) is 0 Å². The summed E-state index contributed by atoms with van der Waals surface area (Å²) in [6.45, 7) is 2.11. The molecule has 2 aromatic rings. The lowest BCUT2D eigenvalue weighted by molar-refractivity contribution is -0.137. The first-order valence-electron chi connectivity index (χ1n) is 8.23. The number of rotatable bonds is 6. The molecule has 1 heterocycles. The number of benzene rings is 2. The number of fused-ring (bicyclic) bond motifs is 1. The molecule has 4 nitrogen and oxygen atoms in total. The minimum atomic E-state index is -0.929. The van der Waals surface area contributed by atoms with Gasteiger partial charge in [0.1, 0.15) is 0 Å². The van der Waals surface area contributed by atoms with E-state index in [9.17, 15) is 14.7 Å². The lowest BCUT2D eigenvalue weighted by atomic mass is 9.92. The Morgan fingerprint density at radius 2 is 1.67 bits per heavy atom. The minimum Gasteiger partial charge on any atom is -0.481 e. The Morgan fingerprint density at radius 3 is 2.38 bits per heavy atom. The van der Waals surface area contributed by atoms with E-state index in [0.29, 0.717) is 12.1 Å². The van der Waals surface area contributed by atoms with Crippen molar-refractivity contribution in [1.29, 1.82) is 0 Å². The van der Waals surface area contributed by atoms with Crippen molar-refractivity contribution in [2.75, 3.05) is 13.1 Å². The molecule has 0 radical (unpaired) electrons. The molecule has 0 saturated carbocycles. The van der Waals surface area contributed by atoms with Crippen LogP contribution in [-0.4, -0.2) is 34.8 Å². The zero-order chi connectivity index (χ0) is 16.9. The summed E-state index contributed by atoms with van der Waals surface area (Å²) in [6.07, 6.45) is 0.807. The maximum absolute atomic E-state index is 12.7. The second kappa shape index (κ2) is 7.41. The third-order valence-electron chi connectivity index (χ3n) is 4.54. The quantitative estimate of drug-likeness (QED) is 0.830. The Kier molecular flexibility index (Phi) is 5.06. The number of carbonyl (C=O) groups excluding carboxylic acids is 1. The number of carboxylic acid groups (broad SMARTS) is 1. The average Bonchev–Trinajstić information content (AvgIpc) is 2.61. The van der Waals surface area contributed by atoms with Crippen LogP contribution in [0.4, 0.5) is 0 Å². The van der Waals surface area contributed by atoms with E-state index in [1.807, 2.05) is 30.3 Å². The van der Waals surface area contributed by atoms with Gasteiger partial charge in [0.05, 0.1) is 6.42 Å². The summed E-state index contributed by atoms with van der Waals surface area (Å²) in [7, 11) is 0. The standard InChI is InChI=1S/C20H21NO3/c22-19(23)12-18(20(24)16-7-2-1-3-8-16)14-21-11-10-15-6-4-5-9-17(15)13-21/h1-9,18H,10-14H2,(H,22,23). The highest BCUT2D eigenvalue weighted by molar-refractivity contribution is 5.99. The molecule has 124 valence electrons. The van der Waals surface area contributed by atoms with Gasteiger partial charge in [-0.1, -0.05) is 54.6 Å². The first kappa shape index (κ1) is 16.4. The highest BCUT2D eigenvalue weighted by Crippen LogP contribution is 2.21. The van der Waals surface area contributed by atoms with Gasteiger partial charge in [-0.2, -0.15) is 0 Å². The fourth-order valence-corrected chi connectivity index (χ4v) is 3.31. The summed E-state index contributed by atoms with van der Waals surface area (Å²) >= 11 is 0. The number of hydrogen-bond acceptors (Lipinski definition) is 3. The van der Waals surface area contributed by atoms with E-state index in [-0.39, 0.29) is 12.2 Å². The van der Waals surface area contributed by atoms with Gasteiger partial charge in [-0.25, -0.2) is 0 Å². The number of ketones is 1. The van der Waals surface area contributed by atoms with Crippen molar-refractivity contribution in [2.45, 2.75) is 19.4 Å². The summed E-state index contributed by atoms with van der Waals surface area (Å²) in [6, 6.07) is 17.3. The molecule has 1 atom stereocenters. The van der Waals surface area contributed by atoms with Gasteiger partial charge in [0.25, 0.3) is 0 Å². The van der Waals surface area contributed by atoms with Crippen molar-refractivity contribution in [3.63, 3.8) is 0 Å². The summed E-state index contributed by atoms with van der Waals surface area (Å²) in [5.41, 5.74) is 3.20. The van der Waals surface area contributed by atoms with Gasteiger partial charge in [-0.05, 0) is 17.5 Å². The van der Waals surface area contributed by atoms with E-state index in [1.54, 1.807) is 12.1 Å². The predicted octanol–water partition coefficient (Wildman–Crippen LogP) is 3.02. The topological polar surface area (TPSA) is 57.6 Å². The van der Waals surface area contributed by atoms with E-state index in [2.05, 4.69) is 17.0 Å². The van der Waals surface area contributed by atoms with Gasteiger partial charge in [0.15, 0.2) is 5.78 Å². The molecule has 0 aliphatic carbocycles. The van der Waals surface area contributed by atoms with Crippen molar-refractivity contribution >= 4 is 11.8 Å². The van der Waals surface area contributed by atoms with Crippen LogP contribution in [0.15, 0.2) is 54.6 Å². The largest absolute Gasteiger partial charge is 0.481 e. The van der Waals surface area contributed by atoms with Crippen LogP contribution in [0.1, 0.15) is 27.9 Å². The maximum Gasteiger partial charge on any atom is 0.304 e. The maximum atomic E-state index is 12.7. The summed E-state index contributed by atoms with van der Waals surface area (Å²) in [5.74, 6) is -1.53. The van der Waals surface area contributed by atoms with Crippen molar-refractivity contribution in [2.24, 2.45) is 5.92 Å². The predicted molar refractivity (Wildman–Crippen MR) is 91.9 cm³/mol. The smallest absolute Gasteiger partial charge is 0.304 e. The Morgan fingerprint density at radius 1 is 1.00 bits per heavy atom. The molecule has 0 bridgehead atoms. The molecule has 1 aliphatic heterocycles. The lowest BCUT2D eigenvalue weighted by Crippen LogP contribution is -2.37. The molecule has 0 aromatic heterocycles. The Bertz CT molecular complexity index is 727. The highest BCUT2D eigenvalue weighted by Gasteiger charge is 2.27. The zero-order valence-electron chi connectivity index (χ0n) is 13.5. The van der Waals surface area contributed by atoms with Gasteiger partial charge < -0.3 is 5.11 Å². The Labute approximate surface area is 141 Å². The molecule has 0 spiro atoms. The van der Waals surface area contributed by atoms with Gasteiger partial charge >= 0.3 is 5.97 Å². The lowest BCUT2D eigenvalue weighted by Gasteiger charge is -2.31. The minimum absolute atomic E-state index is 0.0862. The Balaban J connectivity index is 1.73. The fourth-order valence-electron chi connectivity index (χ4n) is 3.31. The van der Waals surface area contributed by atoms with Crippen LogP contribution in [0.2, 0.25) is 0 Å². The molecular weight excluding hydrogens is 302 g/mol. The monoisotopic (exact) mass is 323 g/mol. The van der Waals surface area contributed by atoms with Crippen LogP contribution in [0.25, 0.3) is 0 Å². The third-order valence-corrected chi connectivity index (χ3v) is 4.54. The van der Waals surface area contributed by atoms with Gasteiger partial charge in [-0.3, -0.25) is 14.5 Å². The number of hydrogen-bond donors (Lipinski definition) is 1. The second-order valence-corrected chi connectivity index (χ2v) is 6.28. The molecule has 1 N–H and O–H groups in total. The summed E-state index contributed by atoms with van der Waals surface area (Å²) in [5, 5.41) is 9.20. The Hall–Kier alpha value is -2.46. The van der Waals surface area contributed by atoms with Crippen LogP contribution in [-0.2, 0) is 17.8 Å². The molecule has 4 heteroatoms. The van der Waals surface area contributed by atoms with Crippen LogP contribution in [0.3, 0.4) is 0 Å². The van der Waals surface area contributed by atoms with E-state index >= 15 is 0 Å². The number of carboxylic acids is 1. The number of nitrogens with zero attached hydrogens (tertiary/aromatic N) is 1. The van der Waals surface area contributed by atoms with Crippen molar-refractivity contribution in [3.8, 4) is 0 Å². The zero-order valence-corrected chi connectivity index (χ0v) is 13.5. The van der Waals surface area contributed by atoms with E-state index in [0.717, 1.165) is 19.5 Å². The van der Waals surface area contributed by atoms with Crippen LogP contribution in [0, 0.1) is 5.92 Å². The van der Waals surface area contributed by atoms with E-state index in [4.69, 9.17) is 0 Å². The second-order valence-electron chi connectivity index (χ2n) is 6.28. The SMILES string of the molecule is O=C(O)CC(CN1CCc2ccccc2C1)C(=O)c1ccccc1. The number of Topliss-reactive ketones (excluding diaryl/α,β-unsaturated/α-hetero) is 1. The molecule has 24 heavy (non-hydrogen) atoms. The van der Waals surface area contributed by atoms with Crippen LogP contribution >= 0.6 is 0 Å². The molecule has 2 aromatic carbocycles. The van der Waals surface area contributed by atoms with Gasteiger partial charge in [-0.15, -0.1) is 0 Å². The van der Waals surface area contributed by atoms with Crippen molar-refractivity contribution in [3.05, 3.63) is 71.3 Å². The van der Waals surface area contributed by atoms with Crippen molar-refractivity contribution in [1.82, 2.24) is 4.90 Å². The first-order valence-corrected chi connectivity index (χ1v) is 8.23. The molecule has 1 aliphatic rings. The fraction of sp³-hybridized carbons (Fsp3) is 0.300. The summed E-state index contributed by atoms with van der Waals surface area (Å²) in [4.78, 5) is 26.1. The molecular formula is C20H21NO3. The number of aliphatic carboxylic acids is 1. The number of carbonyl (C=O) groups is 2. The van der Waals surface area contributed by atoms with Crippen LogP contribution < -0.4 is 0 Å².